The topological polar surface area (TPSA) is 143 Å². The lowest BCUT2D eigenvalue weighted by Crippen LogP contribution is -2.40. The van der Waals surface area contributed by atoms with Gasteiger partial charge in [0.05, 0.1) is 4.90 Å². The molecule has 0 atom stereocenters. The monoisotopic (exact) mass is 593 g/mol. The highest BCUT2D eigenvalue weighted by Gasteiger charge is 2.18. The summed E-state index contributed by atoms with van der Waals surface area (Å²) in [6.07, 6.45) is 3.63. The van der Waals surface area contributed by atoms with E-state index in [0.29, 0.717) is 18.9 Å². The van der Waals surface area contributed by atoms with Crippen LogP contribution in [0.4, 0.5) is 4.79 Å². The zero-order chi connectivity index (χ0) is 30.9. The van der Waals surface area contributed by atoms with E-state index in [4.69, 9.17) is 19.9 Å². The van der Waals surface area contributed by atoms with Crippen LogP contribution in [-0.4, -0.2) is 47.1 Å². The number of nitrogens with zero attached hydrogens (tertiary/aromatic N) is 3. The van der Waals surface area contributed by atoms with Gasteiger partial charge in [-0.3, -0.25) is 9.36 Å². The number of nitrogens with one attached hydrogen (secondary N) is 2. The third-order valence-corrected chi connectivity index (χ3v) is 7.98. The van der Waals surface area contributed by atoms with E-state index in [0.717, 1.165) is 64.3 Å². The number of aryl methyl sites for hydroxylation is 4. The van der Waals surface area contributed by atoms with Crippen LogP contribution >= 0.6 is 0 Å². The number of amides is 2. The summed E-state index contributed by atoms with van der Waals surface area (Å²) in [5.41, 5.74) is 6.83. The molecule has 11 heteroatoms. The van der Waals surface area contributed by atoms with Crippen molar-refractivity contribution in [2.45, 2.75) is 65.2 Å². The van der Waals surface area contributed by atoms with Crippen LogP contribution in [0.5, 0.6) is 0 Å². The highest BCUT2D eigenvalue weighted by Crippen LogP contribution is 2.25. The number of fused-ring (bicyclic) bond motifs is 1. The smallest absolute Gasteiger partial charge is 0.328 e. The van der Waals surface area contributed by atoms with E-state index in [2.05, 4.69) is 41.4 Å². The molecule has 0 saturated carbocycles. The molecule has 0 aliphatic carbocycles. The molecule has 0 spiro atoms. The number of aromatic nitrogens is 3. The Bertz CT molecular complexity index is 1610. The minimum Gasteiger partial charge on any atom is -0.483 e. The first-order chi connectivity index (χ1) is 19.9. The summed E-state index contributed by atoms with van der Waals surface area (Å²) >= 11 is 0. The van der Waals surface area contributed by atoms with Crippen molar-refractivity contribution in [2.24, 2.45) is 5.92 Å². The van der Waals surface area contributed by atoms with Gasteiger partial charge in [-0.1, -0.05) is 50.1 Å². The van der Waals surface area contributed by atoms with Crippen LogP contribution in [0.2, 0.25) is 0 Å². The van der Waals surface area contributed by atoms with Gasteiger partial charge in [0.2, 0.25) is 0 Å². The quantitative estimate of drug-likeness (QED) is 0.213. The van der Waals surface area contributed by atoms with Crippen LogP contribution < -0.4 is 10.0 Å². The SMILES string of the molecule is Cc1ccc(S(=O)(=O)NC(=O)NCCc2ccc(-n3c(CCCC(C)C)nc4c(C)cc(C)nc43)cc2)cc1.O=CO. The zero-order valence-corrected chi connectivity index (χ0v) is 25.5. The summed E-state index contributed by atoms with van der Waals surface area (Å²) in [5, 5.41) is 9.52. The Morgan fingerprint density at radius 3 is 2.26 bits per heavy atom. The Morgan fingerprint density at radius 2 is 1.64 bits per heavy atom. The van der Waals surface area contributed by atoms with Crippen molar-refractivity contribution in [1.29, 1.82) is 0 Å². The molecular weight excluding hydrogens is 554 g/mol. The lowest BCUT2D eigenvalue weighted by atomic mass is 10.1. The number of rotatable bonds is 10. The molecule has 0 saturated heterocycles. The molecule has 2 aromatic heterocycles. The lowest BCUT2D eigenvalue weighted by Gasteiger charge is -2.12. The van der Waals surface area contributed by atoms with E-state index in [1.807, 2.05) is 38.1 Å². The fraction of sp³-hybridized carbons (Fsp3) is 0.355. The third kappa shape index (κ3) is 8.62. The molecule has 3 N–H and O–H groups in total. The first kappa shape index (κ1) is 32.3. The molecule has 0 aliphatic heterocycles. The van der Waals surface area contributed by atoms with Gasteiger partial charge in [-0.15, -0.1) is 0 Å². The van der Waals surface area contributed by atoms with Gasteiger partial charge in [0.1, 0.15) is 11.3 Å². The van der Waals surface area contributed by atoms with Crippen LogP contribution in [0.3, 0.4) is 0 Å². The van der Waals surface area contributed by atoms with Crippen LogP contribution in [0.15, 0.2) is 59.5 Å². The van der Waals surface area contributed by atoms with E-state index in [1.54, 1.807) is 12.1 Å². The first-order valence-corrected chi connectivity index (χ1v) is 15.3. The van der Waals surface area contributed by atoms with Gasteiger partial charge in [-0.2, -0.15) is 0 Å². The number of pyridine rings is 1. The average Bonchev–Trinajstić information content (AvgIpc) is 3.27. The van der Waals surface area contributed by atoms with Crippen LogP contribution in [-0.2, 0) is 27.7 Å². The number of hydrogen-bond acceptors (Lipinski definition) is 6. The highest BCUT2D eigenvalue weighted by atomic mass is 32.2. The summed E-state index contributed by atoms with van der Waals surface area (Å²) in [6, 6.07) is 15.8. The molecule has 0 bridgehead atoms. The predicted octanol–water partition coefficient (Wildman–Crippen LogP) is 5.26. The fourth-order valence-electron chi connectivity index (χ4n) is 4.58. The number of benzene rings is 2. The van der Waals surface area contributed by atoms with E-state index < -0.39 is 16.1 Å². The minimum absolute atomic E-state index is 0.0503. The maximum atomic E-state index is 12.4. The van der Waals surface area contributed by atoms with Crippen molar-refractivity contribution in [1.82, 2.24) is 24.6 Å². The Balaban J connectivity index is 0.00000155. The molecule has 0 unspecified atom stereocenters. The molecule has 4 rings (SSSR count). The lowest BCUT2D eigenvalue weighted by molar-refractivity contribution is -0.122. The van der Waals surface area contributed by atoms with Gasteiger partial charge < -0.3 is 10.4 Å². The summed E-state index contributed by atoms with van der Waals surface area (Å²) in [7, 11) is -3.92. The first-order valence-electron chi connectivity index (χ1n) is 13.8. The Hall–Kier alpha value is -4.25. The standard InChI is InChI=1S/C30H37N5O3S.CH2O2/c1-20(2)7-6-8-27-33-28-22(4)19-23(5)32-29(28)35(27)25-13-11-24(12-14-25)17-18-31-30(36)34-39(37,38)26-15-9-21(3)10-16-26;2-1-3/h9-16,19-20H,6-8,17-18H2,1-5H3,(H2,31,34,36);1H,(H,2,3). The van der Waals surface area contributed by atoms with Crippen molar-refractivity contribution in [3.63, 3.8) is 0 Å². The molecule has 224 valence electrons. The second-order valence-corrected chi connectivity index (χ2v) is 12.3. The van der Waals surface area contributed by atoms with Gasteiger partial charge in [0.15, 0.2) is 5.65 Å². The van der Waals surface area contributed by atoms with Gasteiger partial charge >= 0.3 is 6.03 Å². The van der Waals surface area contributed by atoms with Crippen molar-refractivity contribution >= 4 is 33.7 Å². The molecule has 2 heterocycles. The van der Waals surface area contributed by atoms with E-state index in [9.17, 15) is 13.2 Å². The number of imidazole rings is 1. The number of carbonyl (C=O) groups excluding carboxylic acids is 1. The van der Waals surface area contributed by atoms with Gasteiger partial charge in [-0.25, -0.2) is 27.9 Å². The van der Waals surface area contributed by atoms with Gasteiger partial charge in [-0.05, 0) is 81.0 Å². The zero-order valence-electron chi connectivity index (χ0n) is 24.7. The average molecular weight is 594 g/mol. The Morgan fingerprint density at radius 1 is 1.00 bits per heavy atom. The number of hydrogen-bond donors (Lipinski definition) is 3. The molecule has 4 aromatic rings. The van der Waals surface area contributed by atoms with Crippen LogP contribution in [0, 0.1) is 26.7 Å². The normalized spacial score (nSPS) is 11.2. The summed E-state index contributed by atoms with van der Waals surface area (Å²) < 4.78 is 29.0. The highest BCUT2D eigenvalue weighted by molar-refractivity contribution is 7.90. The van der Waals surface area contributed by atoms with E-state index in [1.165, 1.54) is 12.1 Å². The van der Waals surface area contributed by atoms with Crippen LogP contribution in [0.1, 0.15) is 54.9 Å². The molecular formula is C31H39N5O5S. The third-order valence-electron chi connectivity index (χ3n) is 6.64. The second-order valence-electron chi connectivity index (χ2n) is 10.6. The maximum Gasteiger partial charge on any atom is 0.328 e. The molecule has 2 amide bonds. The van der Waals surface area contributed by atoms with Crippen molar-refractivity contribution in [3.05, 3.63) is 82.8 Å². The Labute approximate surface area is 247 Å². The Kier molecular flexibility index (Phi) is 11.2. The predicted molar refractivity (Wildman–Crippen MR) is 163 cm³/mol. The van der Waals surface area contributed by atoms with E-state index in [-0.39, 0.29) is 11.4 Å². The maximum absolute atomic E-state index is 12.4. The molecule has 0 radical (unpaired) electrons. The molecule has 2 aromatic carbocycles. The number of carbonyl (C=O) groups is 2. The molecule has 0 fully saturated rings. The number of carboxylic acid groups (broad SMARTS) is 1. The largest absolute Gasteiger partial charge is 0.483 e. The minimum atomic E-state index is -3.92. The van der Waals surface area contributed by atoms with Crippen molar-refractivity contribution < 1.29 is 23.1 Å². The molecule has 10 nitrogen and oxygen atoms in total. The molecule has 0 aliphatic rings. The summed E-state index contributed by atoms with van der Waals surface area (Å²) in [5.74, 6) is 1.65. The van der Waals surface area contributed by atoms with Crippen molar-refractivity contribution in [2.75, 3.05) is 6.54 Å². The van der Waals surface area contributed by atoms with Crippen molar-refractivity contribution in [3.8, 4) is 5.69 Å². The molecule has 42 heavy (non-hydrogen) atoms. The van der Waals surface area contributed by atoms with Gasteiger partial charge in [0, 0.05) is 24.3 Å². The van der Waals surface area contributed by atoms with Crippen LogP contribution in [0.25, 0.3) is 16.9 Å². The second kappa shape index (κ2) is 14.6. The number of urea groups is 1. The summed E-state index contributed by atoms with van der Waals surface area (Å²) in [4.78, 5) is 30.4. The van der Waals surface area contributed by atoms with Gasteiger partial charge in [0.25, 0.3) is 16.5 Å². The summed E-state index contributed by atoms with van der Waals surface area (Å²) in [6.45, 7) is 10.5. The number of sulfonamides is 1. The van der Waals surface area contributed by atoms with E-state index >= 15 is 0 Å². The fourth-order valence-corrected chi connectivity index (χ4v) is 5.51.